The molecule has 1 saturated carbocycles. The van der Waals surface area contributed by atoms with Crippen molar-refractivity contribution in [3.05, 3.63) is 34.6 Å². The lowest BCUT2D eigenvalue weighted by molar-refractivity contribution is -0.143. The third kappa shape index (κ3) is 2.17. The van der Waals surface area contributed by atoms with E-state index in [9.17, 15) is 19.1 Å². The average Bonchev–Trinajstić information content (AvgIpc) is 2.91. The first-order chi connectivity index (χ1) is 9.42. The van der Waals surface area contributed by atoms with Crippen molar-refractivity contribution in [1.29, 1.82) is 0 Å². The fourth-order valence-corrected chi connectivity index (χ4v) is 2.88. The van der Waals surface area contributed by atoms with E-state index in [4.69, 9.17) is 0 Å². The molecule has 0 unspecified atom stereocenters. The molecule has 0 bridgehead atoms. The Morgan fingerprint density at radius 2 is 1.90 bits per heavy atom. The van der Waals surface area contributed by atoms with Gasteiger partial charge in [-0.25, -0.2) is 9.18 Å². The number of carbonyl (C=O) groups is 2. The van der Waals surface area contributed by atoms with Gasteiger partial charge in [-0.2, -0.15) is 0 Å². The second-order valence-electron chi connectivity index (χ2n) is 5.22. The number of hydrogen-bond acceptors (Lipinski definition) is 3. The van der Waals surface area contributed by atoms with Crippen LogP contribution in [0.2, 0.25) is 0 Å². The topological polar surface area (TPSA) is 63.6 Å². The van der Waals surface area contributed by atoms with Gasteiger partial charge in [0, 0.05) is 0 Å². The number of rotatable bonds is 3. The van der Waals surface area contributed by atoms with Crippen LogP contribution in [0, 0.1) is 12.7 Å². The zero-order valence-electron chi connectivity index (χ0n) is 11.5. The van der Waals surface area contributed by atoms with Gasteiger partial charge in [0.05, 0.1) is 18.1 Å². The normalized spacial score (nSPS) is 16.9. The highest BCUT2D eigenvalue weighted by Gasteiger charge is 2.43. The Morgan fingerprint density at radius 1 is 1.30 bits per heavy atom. The van der Waals surface area contributed by atoms with Gasteiger partial charge in [-0.1, -0.05) is 12.8 Å². The molecule has 0 atom stereocenters. The molecule has 2 rings (SSSR count). The highest BCUT2D eigenvalue weighted by Crippen LogP contribution is 2.42. The summed E-state index contributed by atoms with van der Waals surface area (Å²) >= 11 is 0. The van der Waals surface area contributed by atoms with Crippen LogP contribution in [0.15, 0.2) is 12.1 Å². The standard InChI is InChI=1S/C15H17FO4/c1-9-11(13(17)20-2)7-10(8-12(9)16)15(14(18)19)5-3-4-6-15/h7-8H,3-6H2,1-2H3,(H,18,19). The summed E-state index contributed by atoms with van der Waals surface area (Å²) < 4.78 is 18.7. The quantitative estimate of drug-likeness (QED) is 0.865. The molecule has 5 heteroatoms. The Labute approximate surface area is 116 Å². The van der Waals surface area contributed by atoms with Gasteiger partial charge < -0.3 is 9.84 Å². The van der Waals surface area contributed by atoms with Crippen molar-refractivity contribution >= 4 is 11.9 Å². The molecular formula is C15H17FO4. The Bertz CT molecular complexity index is 559. The average molecular weight is 280 g/mol. The highest BCUT2D eigenvalue weighted by molar-refractivity contribution is 5.92. The molecule has 0 saturated heterocycles. The molecular weight excluding hydrogens is 263 g/mol. The predicted molar refractivity (Wildman–Crippen MR) is 70.3 cm³/mol. The zero-order valence-corrected chi connectivity index (χ0v) is 11.5. The lowest BCUT2D eigenvalue weighted by Gasteiger charge is -2.25. The minimum atomic E-state index is -1.09. The summed E-state index contributed by atoms with van der Waals surface area (Å²) in [5.74, 6) is -2.19. The lowest BCUT2D eigenvalue weighted by Crippen LogP contribution is -2.33. The highest BCUT2D eigenvalue weighted by atomic mass is 19.1. The summed E-state index contributed by atoms with van der Waals surface area (Å²) in [7, 11) is 1.22. The number of carbonyl (C=O) groups excluding carboxylic acids is 1. The number of carboxylic acid groups (broad SMARTS) is 1. The fourth-order valence-electron chi connectivity index (χ4n) is 2.88. The van der Waals surface area contributed by atoms with E-state index in [1.807, 2.05) is 0 Å². The molecule has 1 aromatic carbocycles. The van der Waals surface area contributed by atoms with Crippen molar-refractivity contribution in [2.75, 3.05) is 7.11 Å². The van der Waals surface area contributed by atoms with Crippen LogP contribution < -0.4 is 0 Å². The van der Waals surface area contributed by atoms with Crippen LogP contribution in [-0.4, -0.2) is 24.2 Å². The smallest absolute Gasteiger partial charge is 0.338 e. The van der Waals surface area contributed by atoms with Crippen LogP contribution in [0.25, 0.3) is 0 Å². The van der Waals surface area contributed by atoms with Gasteiger partial charge in [0.25, 0.3) is 0 Å². The molecule has 108 valence electrons. The third-order valence-electron chi connectivity index (χ3n) is 4.17. The van der Waals surface area contributed by atoms with Crippen LogP contribution in [0.1, 0.15) is 47.2 Å². The fraction of sp³-hybridized carbons (Fsp3) is 0.467. The number of carboxylic acids is 1. The van der Waals surface area contributed by atoms with Crippen LogP contribution in [0.4, 0.5) is 4.39 Å². The molecule has 0 heterocycles. The molecule has 1 aliphatic rings. The van der Waals surface area contributed by atoms with Crippen LogP contribution in [0.3, 0.4) is 0 Å². The Kier molecular flexibility index (Phi) is 3.79. The Hall–Kier alpha value is -1.91. The van der Waals surface area contributed by atoms with Gasteiger partial charge in [0.2, 0.25) is 0 Å². The van der Waals surface area contributed by atoms with E-state index in [0.717, 1.165) is 12.8 Å². The number of ether oxygens (including phenoxy) is 1. The summed E-state index contributed by atoms with van der Waals surface area (Å²) in [6, 6.07) is 2.70. The first-order valence-electron chi connectivity index (χ1n) is 6.55. The first-order valence-corrected chi connectivity index (χ1v) is 6.55. The minimum absolute atomic E-state index is 0.0926. The van der Waals surface area contributed by atoms with Gasteiger partial charge in [0.15, 0.2) is 0 Å². The first kappa shape index (κ1) is 14.5. The van der Waals surface area contributed by atoms with Crippen molar-refractivity contribution in [2.24, 2.45) is 0 Å². The lowest BCUT2D eigenvalue weighted by atomic mass is 9.78. The maximum atomic E-state index is 14.0. The summed E-state index contributed by atoms with van der Waals surface area (Å²) in [4.78, 5) is 23.3. The number of hydrogen-bond donors (Lipinski definition) is 1. The molecule has 1 aromatic rings. The monoisotopic (exact) mass is 280 g/mol. The molecule has 4 nitrogen and oxygen atoms in total. The number of methoxy groups -OCH3 is 1. The van der Waals surface area contributed by atoms with Crippen molar-refractivity contribution in [3.63, 3.8) is 0 Å². The molecule has 1 aliphatic carbocycles. The van der Waals surface area contributed by atoms with Gasteiger partial charge >= 0.3 is 11.9 Å². The molecule has 0 radical (unpaired) electrons. The maximum Gasteiger partial charge on any atom is 0.338 e. The van der Waals surface area contributed by atoms with Crippen LogP contribution >= 0.6 is 0 Å². The molecule has 0 spiro atoms. The van der Waals surface area contributed by atoms with E-state index in [2.05, 4.69) is 4.74 Å². The van der Waals surface area contributed by atoms with Gasteiger partial charge in [0.1, 0.15) is 5.82 Å². The van der Waals surface area contributed by atoms with Crippen molar-refractivity contribution < 1.29 is 23.8 Å². The van der Waals surface area contributed by atoms with Crippen molar-refractivity contribution in [2.45, 2.75) is 38.0 Å². The van der Waals surface area contributed by atoms with Gasteiger partial charge in [-0.15, -0.1) is 0 Å². The van der Waals surface area contributed by atoms with E-state index in [0.29, 0.717) is 18.4 Å². The van der Waals surface area contributed by atoms with Crippen LogP contribution in [0.5, 0.6) is 0 Å². The van der Waals surface area contributed by atoms with Crippen molar-refractivity contribution in [1.82, 2.24) is 0 Å². The molecule has 1 N–H and O–H groups in total. The van der Waals surface area contributed by atoms with Gasteiger partial charge in [-0.3, -0.25) is 4.79 Å². The molecule has 0 aliphatic heterocycles. The zero-order chi connectivity index (χ0) is 14.9. The summed E-state index contributed by atoms with van der Waals surface area (Å²) in [6.07, 6.45) is 2.50. The molecule has 1 fully saturated rings. The summed E-state index contributed by atoms with van der Waals surface area (Å²) in [5, 5.41) is 9.53. The second kappa shape index (κ2) is 5.23. The number of benzene rings is 1. The second-order valence-corrected chi connectivity index (χ2v) is 5.22. The summed E-state index contributed by atoms with van der Waals surface area (Å²) in [6.45, 7) is 1.48. The maximum absolute atomic E-state index is 14.0. The van der Waals surface area contributed by atoms with Crippen molar-refractivity contribution in [3.8, 4) is 0 Å². The minimum Gasteiger partial charge on any atom is -0.481 e. The van der Waals surface area contributed by atoms with Gasteiger partial charge in [-0.05, 0) is 43.0 Å². The Morgan fingerprint density at radius 3 is 2.40 bits per heavy atom. The summed E-state index contributed by atoms with van der Waals surface area (Å²) in [5.41, 5.74) is -0.461. The largest absolute Gasteiger partial charge is 0.481 e. The number of esters is 1. The number of halogens is 1. The Balaban J connectivity index is 2.60. The predicted octanol–water partition coefficient (Wildman–Crippen LogP) is 2.82. The van der Waals surface area contributed by atoms with E-state index in [1.165, 1.54) is 26.2 Å². The van der Waals surface area contributed by atoms with E-state index in [-0.39, 0.29) is 11.1 Å². The number of aliphatic carboxylic acids is 1. The molecule has 0 amide bonds. The van der Waals surface area contributed by atoms with E-state index < -0.39 is 23.2 Å². The SMILES string of the molecule is COC(=O)c1cc(C2(C(=O)O)CCCC2)cc(F)c1C. The van der Waals surface area contributed by atoms with Crippen LogP contribution in [-0.2, 0) is 14.9 Å². The third-order valence-corrected chi connectivity index (χ3v) is 4.17. The molecule has 20 heavy (non-hydrogen) atoms. The van der Waals surface area contributed by atoms with E-state index >= 15 is 0 Å². The van der Waals surface area contributed by atoms with E-state index in [1.54, 1.807) is 0 Å². The molecule has 0 aromatic heterocycles.